The third kappa shape index (κ3) is 6.03. The summed E-state index contributed by atoms with van der Waals surface area (Å²) in [6.45, 7) is 5.29. The molecule has 0 saturated carbocycles. The van der Waals surface area contributed by atoms with Crippen molar-refractivity contribution in [3.8, 4) is 0 Å². The monoisotopic (exact) mass is 222 g/mol. The summed E-state index contributed by atoms with van der Waals surface area (Å²) in [6, 6.07) is 3.57. The van der Waals surface area contributed by atoms with Crippen molar-refractivity contribution in [2.24, 2.45) is 0 Å². The largest absolute Gasteiger partial charge is 0.311 e. The lowest BCUT2D eigenvalue weighted by Gasteiger charge is -2.01. The average Bonchev–Trinajstić information content (AvgIpc) is 2.29. The summed E-state index contributed by atoms with van der Waals surface area (Å²) >= 11 is 0. The van der Waals surface area contributed by atoms with Gasteiger partial charge in [0.05, 0.1) is 6.04 Å². The molecule has 0 aliphatic rings. The van der Waals surface area contributed by atoms with Crippen LogP contribution in [0.15, 0.2) is 18.3 Å². The molecular formula is C12H18N2O2. The second kappa shape index (κ2) is 7.70. The minimum Gasteiger partial charge on any atom is -0.311 e. The zero-order valence-electron chi connectivity index (χ0n) is 10.2. The molecule has 16 heavy (non-hydrogen) atoms. The number of rotatable bonds is 3. The van der Waals surface area contributed by atoms with E-state index in [1.54, 1.807) is 26.2 Å². The van der Waals surface area contributed by atoms with E-state index in [1.165, 1.54) is 0 Å². The Balaban J connectivity index is 0.000000293. The Morgan fingerprint density at radius 2 is 2.12 bits per heavy atom. The lowest BCUT2D eigenvalue weighted by atomic mass is 10.2. The van der Waals surface area contributed by atoms with E-state index in [9.17, 15) is 9.59 Å². The fourth-order valence-electron chi connectivity index (χ4n) is 0.752. The molecule has 1 rings (SSSR count). The van der Waals surface area contributed by atoms with Crippen molar-refractivity contribution in [1.29, 1.82) is 0 Å². The summed E-state index contributed by atoms with van der Waals surface area (Å²) in [5.74, 6) is 0.183. The summed E-state index contributed by atoms with van der Waals surface area (Å²) in [6.07, 6.45) is 2.34. The molecule has 1 N–H and O–H groups in total. The Hall–Kier alpha value is -1.55. The number of carbonyl (C=O) groups is 2. The smallest absolute Gasteiger partial charge is 0.151 e. The SMILES string of the molecule is CNC(C)C(C)=O.Cc1ccc(C=O)cn1. The van der Waals surface area contributed by atoms with Crippen molar-refractivity contribution in [2.45, 2.75) is 26.8 Å². The third-order valence-electron chi connectivity index (χ3n) is 2.11. The van der Waals surface area contributed by atoms with Gasteiger partial charge in [-0.15, -0.1) is 0 Å². The Labute approximate surface area is 96.1 Å². The predicted molar refractivity (Wildman–Crippen MR) is 63.6 cm³/mol. The summed E-state index contributed by atoms with van der Waals surface area (Å²) in [7, 11) is 1.77. The van der Waals surface area contributed by atoms with Crippen molar-refractivity contribution in [1.82, 2.24) is 10.3 Å². The summed E-state index contributed by atoms with van der Waals surface area (Å²) in [5, 5.41) is 2.81. The number of likely N-dealkylation sites (N-methyl/N-ethyl adjacent to an activating group) is 1. The molecule has 0 aliphatic heterocycles. The van der Waals surface area contributed by atoms with E-state index in [4.69, 9.17) is 0 Å². The molecule has 1 heterocycles. The van der Waals surface area contributed by atoms with Crippen LogP contribution in [0.25, 0.3) is 0 Å². The van der Waals surface area contributed by atoms with Crippen LogP contribution in [0.3, 0.4) is 0 Å². The Kier molecular flexibility index (Phi) is 6.96. The molecule has 1 aromatic rings. The van der Waals surface area contributed by atoms with Crippen LogP contribution in [0.4, 0.5) is 0 Å². The van der Waals surface area contributed by atoms with Gasteiger partial charge in [-0.2, -0.15) is 0 Å². The van der Waals surface area contributed by atoms with Gasteiger partial charge in [0.25, 0.3) is 0 Å². The first-order valence-electron chi connectivity index (χ1n) is 5.06. The number of ketones is 1. The lowest BCUT2D eigenvalue weighted by molar-refractivity contribution is -0.118. The molecule has 4 heteroatoms. The van der Waals surface area contributed by atoms with Gasteiger partial charge in [-0.25, -0.2) is 0 Å². The number of hydrogen-bond donors (Lipinski definition) is 1. The first-order chi connectivity index (χ1) is 7.51. The Bertz CT molecular complexity index is 333. The van der Waals surface area contributed by atoms with Gasteiger partial charge in [-0.05, 0) is 40.0 Å². The van der Waals surface area contributed by atoms with Gasteiger partial charge in [0.2, 0.25) is 0 Å². The van der Waals surface area contributed by atoms with Crippen LogP contribution in [-0.4, -0.2) is 30.1 Å². The van der Waals surface area contributed by atoms with Gasteiger partial charge in [-0.1, -0.05) is 0 Å². The van der Waals surface area contributed by atoms with E-state index in [2.05, 4.69) is 10.3 Å². The number of aryl methyl sites for hydroxylation is 1. The molecule has 1 unspecified atom stereocenters. The fourth-order valence-corrected chi connectivity index (χ4v) is 0.752. The topological polar surface area (TPSA) is 59.1 Å². The highest BCUT2D eigenvalue weighted by Crippen LogP contribution is 1.94. The highest BCUT2D eigenvalue weighted by molar-refractivity contribution is 5.80. The molecule has 0 aliphatic carbocycles. The standard InChI is InChI=1S/C7H7NO.C5H11NO/c1-6-2-3-7(5-9)4-8-6;1-4(6-3)5(2)7/h2-5H,1H3;4,6H,1-3H3. The van der Waals surface area contributed by atoms with Crippen molar-refractivity contribution in [3.63, 3.8) is 0 Å². The lowest BCUT2D eigenvalue weighted by Crippen LogP contribution is -2.28. The van der Waals surface area contributed by atoms with Crippen LogP contribution >= 0.6 is 0 Å². The molecule has 0 amide bonds. The van der Waals surface area contributed by atoms with Crippen LogP contribution in [0, 0.1) is 6.92 Å². The van der Waals surface area contributed by atoms with Crippen LogP contribution in [0.2, 0.25) is 0 Å². The molecule has 88 valence electrons. The van der Waals surface area contributed by atoms with Gasteiger partial charge in [-0.3, -0.25) is 14.6 Å². The van der Waals surface area contributed by atoms with Crippen LogP contribution in [0.5, 0.6) is 0 Å². The zero-order valence-corrected chi connectivity index (χ0v) is 10.2. The van der Waals surface area contributed by atoms with Crippen molar-refractivity contribution < 1.29 is 9.59 Å². The minimum atomic E-state index is 0.0139. The molecule has 0 aromatic carbocycles. The molecule has 0 bridgehead atoms. The second-order valence-corrected chi connectivity index (χ2v) is 3.47. The zero-order chi connectivity index (χ0) is 12.6. The fraction of sp³-hybridized carbons (Fsp3) is 0.417. The number of hydrogen-bond acceptors (Lipinski definition) is 4. The summed E-state index contributed by atoms with van der Waals surface area (Å²) in [5.41, 5.74) is 1.56. The van der Waals surface area contributed by atoms with Gasteiger partial charge in [0, 0.05) is 17.5 Å². The average molecular weight is 222 g/mol. The maximum atomic E-state index is 10.3. The van der Waals surface area contributed by atoms with Gasteiger partial charge in [0.15, 0.2) is 6.29 Å². The summed E-state index contributed by atoms with van der Waals surface area (Å²) < 4.78 is 0. The van der Waals surface area contributed by atoms with Gasteiger partial charge in [0.1, 0.15) is 5.78 Å². The quantitative estimate of drug-likeness (QED) is 0.785. The third-order valence-corrected chi connectivity index (χ3v) is 2.11. The molecule has 1 atom stereocenters. The molecule has 0 saturated heterocycles. The first kappa shape index (κ1) is 14.5. The van der Waals surface area contributed by atoms with E-state index in [0.717, 1.165) is 12.0 Å². The van der Waals surface area contributed by atoms with E-state index < -0.39 is 0 Å². The Morgan fingerprint density at radius 1 is 1.50 bits per heavy atom. The van der Waals surface area contributed by atoms with Crippen molar-refractivity contribution in [3.05, 3.63) is 29.6 Å². The molecular weight excluding hydrogens is 204 g/mol. The van der Waals surface area contributed by atoms with Crippen LogP contribution in [-0.2, 0) is 4.79 Å². The van der Waals surface area contributed by atoms with E-state index in [-0.39, 0.29) is 11.8 Å². The van der Waals surface area contributed by atoms with Crippen molar-refractivity contribution >= 4 is 12.1 Å². The highest BCUT2D eigenvalue weighted by atomic mass is 16.1. The number of carbonyl (C=O) groups excluding carboxylic acids is 2. The number of nitrogens with one attached hydrogen (secondary N) is 1. The number of aromatic nitrogens is 1. The first-order valence-corrected chi connectivity index (χ1v) is 5.06. The molecule has 0 radical (unpaired) electrons. The van der Waals surface area contributed by atoms with E-state index in [1.807, 2.05) is 19.9 Å². The molecule has 1 aromatic heterocycles. The maximum Gasteiger partial charge on any atom is 0.151 e. The van der Waals surface area contributed by atoms with Crippen molar-refractivity contribution in [2.75, 3.05) is 7.05 Å². The molecule has 0 fully saturated rings. The van der Waals surface area contributed by atoms with Gasteiger partial charge >= 0.3 is 0 Å². The predicted octanol–water partition coefficient (Wildman–Crippen LogP) is 1.39. The second-order valence-electron chi connectivity index (χ2n) is 3.47. The van der Waals surface area contributed by atoms with Crippen LogP contribution in [0.1, 0.15) is 29.9 Å². The summed E-state index contributed by atoms with van der Waals surface area (Å²) in [4.78, 5) is 24.3. The molecule has 4 nitrogen and oxygen atoms in total. The Morgan fingerprint density at radius 3 is 2.38 bits per heavy atom. The van der Waals surface area contributed by atoms with E-state index >= 15 is 0 Å². The number of aldehydes is 1. The number of Topliss-reactive ketones (excluding diaryl/α,β-unsaturated/α-hetero) is 1. The maximum absolute atomic E-state index is 10.3. The number of nitrogens with zero attached hydrogens (tertiary/aromatic N) is 1. The highest BCUT2D eigenvalue weighted by Gasteiger charge is 2.00. The minimum absolute atomic E-state index is 0.0139. The number of pyridine rings is 1. The van der Waals surface area contributed by atoms with Gasteiger partial charge < -0.3 is 5.32 Å². The molecule has 0 spiro atoms. The van der Waals surface area contributed by atoms with Crippen LogP contribution < -0.4 is 5.32 Å². The normalized spacial score (nSPS) is 11.0. The van der Waals surface area contributed by atoms with E-state index in [0.29, 0.717) is 5.56 Å².